The third-order valence-electron chi connectivity index (χ3n) is 3.46. The fourth-order valence-electron chi connectivity index (χ4n) is 2.47. The molecule has 4 heteroatoms. The third kappa shape index (κ3) is 1.95. The minimum atomic E-state index is -0.0402. The molecule has 2 aromatic rings. The summed E-state index contributed by atoms with van der Waals surface area (Å²) in [5.41, 5.74) is 10.0. The van der Waals surface area contributed by atoms with Crippen molar-refractivity contribution in [1.82, 2.24) is 4.98 Å². The number of nitrogens with two attached hydrogens (primary N) is 1. The number of amides is 1. The summed E-state index contributed by atoms with van der Waals surface area (Å²) in [4.78, 5) is 18.5. The number of benzene rings is 1. The first-order chi connectivity index (χ1) is 9.16. The van der Waals surface area contributed by atoms with Gasteiger partial charge in [0, 0.05) is 24.1 Å². The van der Waals surface area contributed by atoms with Crippen LogP contribution in [0.2, 0.25) is 0 Å². The molecule has 0 spiro atoms. The molecule has 96 valence electrons. The molecular weight excluding hydrogens is 238 g/mol. The zero-order valence-electron chi connectivity index (χ0n) is 10.8. The van der Waals surface area contributed by atoms with Gasteiger partial charge in [-0.1, -0.05) is 6.07 Å². The van der Waals surface area contributed by atoms with E-state index in [2.05, 4.69) is 4.98 Å². The molecule has 1 amide bonds. The maximum atomic E-state index is 12.5. The van der Waals surface area contributed by atoms with E-state index < -0.39 is 0 Å². The number of carbonyl (C=O) groups is 1. The first-order valence-electron chi connectivity index (χ1n) is 6.28. The minimum Gasteiger partial charge on any atom is -0.399 e. The molecule has 0 saturated carbocycles. The lowest BCUT2D eigenvalue weighted by Crippen LogP contribution is -2.30. The predicted octanol–water partition coefficient (Wildman–Crippen LogP) is 2.18. The highest BCUT2D eigenvalue weighted by atomic mass is 16.2. The van der Waals surface area contributed by atoms with Crippen molar-refractivity contribution < 1.29 is 4.79 Å². The second-order valence-corrected chi connectivity index (χ2v) is 4.76. The molecule has 2 N–H and O–H groups in total. The van der Waals surface area contributed by atoms with Crippen LogP contribution >= 0.6 is 0 Å². The first kappa shape index (κ1) is 11.7. The van der Waals surface area contributed by atoms with Crippen LogP contribution in [0.4, 0.5) is 11.4 Å². The van der Waals surface area contributed by atoms with E-state index in [4.69, 9.17) is 5.73 Å². The van der Waals surface area contributed by atoms with Crippen LogP contribution in [0.3, 0.4) is 0 Å². The Morgan fingerprint density at radius 1 is 1.37 bits per heavy atom. The Bertz CT molecular complexity index is 652. The largest absolute Gasteiger partial charge is 0.399 e. The number of anilines is 2. The van der Waals surface area contributed by atoms with E-state index in [1.54, 1.807) is 11.1 Å². The third-order valence-corrected chi connectivity index (χ3v) is 3.46. The molecule has 1 aromatic carbocycles. The molecule has 1 aliphatic rings. The summed E-state index contributed by atoms with van der Waals surface area (Å²) < 4.78 is 0. The minimum absolute atomic E-state index is 0.0402. The second kappa shape index (κ2) is 4.39. The molecule has 1 aliphatic heterocycles. The molecule has 4 nitrogen and oxygen atoms in total. The van der Waals surface area contributed by atoms with Crippen LogP contribution in [-0.2, 0) is 6.42 Å². The molecular formula is C15H15N3O. The van der Waals surface area contributed by atoms with E-state index in [0.717, 1.165) is 28.9 Å². The Morgan fingerprint density at radius 3 is 3.00 bits per heavy atom. The summed E-state index contributed by atoms with van der Waals surface area (Å²) in [6.45, 7) is 2.59. The van der Waals surface area contributed by atoms with Gasteiger partial charge in [-0.25, -0.2) is 0 Å². The average Bonchev–Trinajstić information content (AvgIpc) is 2.81. The fourth-order valence-corrected chi connectivity index (χ4v) is 2.47. The van der Waals surface area contributed by atoms with Crippen LogP contribution in [0.5, 0.6) is 0 Å². The zero-order chi connectivity index (χ0) is 13.4. The van der Waals surface area contributed by atoms with E-state index >= 15 is 0 Å². The highest BCUT2D eigenvalue weighted by Gasteiger charge is 2.27. The Kier molecular flexibility index (Phi) is 2.71. The van der Waals surface area contributed by atoms with E-state index in [-0.39, 0.29) is 5.91 Å². The normalized spacial score (nSPS) is 13.4. The molecule has 0 bridgehead atoms. The van der Waals surface area contributed by atoms with E-state index in [1.807, 2.05) is 37.3 Å². The van der Waals surface area contributed by atoms with Gasteiger partial charge in [0.25, 0.3) is 5.91 Å². The standard InChI is InChI=1S/C15H15N3O/c1-10-3-2-7-17-14(10)15(19)18-8-6-11-9-12(16)4-5-13(11)18/h2-5,7,9H,6,8,16H2,1H3. The summed E-state index contributed by atoms with van der Waals surface area (Å²) in [6.07, 6.45) is 2.50. The van der Waals surface area contributed by atoms with Gasteiger partial charge in [0.2, 0.25) is 0 Å². The number of nitrogens with zero attached hydrogens (tertiary/aromatic N) is 2. The van der Waals surface area contributed by atoms with Crippen molar-refractivity contribution in [2.75, 3.05) is 17.2 Å². The summed E-state index contributed by atoms with van der Waals surface area (Å²) in [5, 5.41) is 0. The SMILES string of the molecule is Cc1cccnc1C(=O)N1CCc2cc(N)ccc21. The number of aromatic nitrogens is 1. The molecule has 2 heterocycles. The van der Waals surface area contributed by atoms with Gasteiger partial charge in [-0.2, -0.15) is 0 Å². The number of aryl methyl sites for hydroxylation is 1. The number of hydrogen-bond acceptors (Lipinski definition) is 3. The summed E-state index contributed by atoms with van der Waals surface area (Å²) in [5.74, 6) is -0.0402. The molecule has 0 saturated heterocycles. The lowest BCUT2D eigenvalue weighted by atomic mass is 10.1. The van der Waals surface area contributed by atoms with Crippen LogP contribution in [0.1, 0.15) is 21.6 Å². The van der Waals surface area contributed by atoms with Gasteiger partial charge in [0.1, 0.15) is 5.69 Å². The van der Waals surface area contributed by atoms with Crippen LogP contribution in [0.25, 0.3) is 0 Å². The maximum Gasteiger partial charge on any atom is 0.277 e. The highest BCUT2D eigenvalue weighted by Crippen LogP contribution is 2.30. The van der Waals surface area contributed by atoms with E-state index in [9.17, 15) is 4.79 Å². The number of rotatable bonds is 1. The molecule has 0 atom stereocenters. The smallest absolute Gasteiger partial charge is 0.277 e. The van der Waals surface area contributed by atoms with Crippen molar-refractivity contribution >= 4 is 17.3 Å². The summed E-state index contributed by atoms with van der Waals surface area (Å²) in [7, 11) is 0. The van der Waals surface area contributed by atoms with Crippen molar-refractivity contribution in [2.45, 2.75) is 13.3 Å². The molecule has 0 fully saturated rings. The quantitative estimate of drug-likeness (QED) is 0.792. The van der Waals surface area contributed by atoms with Gasteiger partial charge in [-0.15, -0.1) is 0 Å². The highest BCUT2D eigenvalue weighted by molar-refractivity contribution is 6.06. The number of hydrogen-bond donors (Lipinski definition) is 1. The van der Waals surface area contributed by atoms with Gasteiger partial charge < -0.3 is 10.6 Å². The van der Waals surface area contributed by atoms with Gasteiger partial charge >= 0.3 is 0 Å². The monoisotopic (exact) mass is 253 g/mol. The maximum absolute atomic E-state index is 12.5. The molecule has 0 aliphatic carbocycles. The topological polar surface area (TPSA) is 59.2 Å². The van der Waals surface area contributed by atoms with Crippen molar-refractivity contribution in [3.05, 3.63) is 53.3 Å². The van der Waals surface area contributed by atoms with Crippen LogP contribution in [-0.4, -0.2) is 17.4 Å². The van der Waals surface area contributed by atoms with Gasteiger partial charge in [0.05, 0.1) is 0 Å². The molecule has 1 aromatic heterocycles. The van der Waals surface area contributed by atoms with Gasteiger partial charge in [-0.3, -0.25) is 9.78 Å². The number of pyridine rings is 1. The average molecular weight is 253 g/mol. The second-order valence-electron chi connectivity index (χ2n) is 4.76. The lowest BCUT2D eigenvalue weighted by molar-refractivity contribution is 0.0984. The Hall–Kier alpha value is -2.36. The molecule has 19 heavy (non-hydrogen) atoms. The molecule has 0 unspecified atom stereocenters. The van der Waals surface area contributed by atoms with E-state index in [1.165, 1.54) is 0 Å². The first-order valence-corrected chi connectivity index (χ1v) is 6.28. The molecule has 3 rings (SSSR count). The van der Waals surface area contributed by atoms with Crippen molar-refractivity contribution in [1.29, 1.82) is 0 Å². The van der Waals surface area contributed by atoms with Crippen LogP contribution in [0, 0.1) is 6.92 Å². The predicted molar refractivity (Wildman–Crippen MR) is 75.2 cm³/mol. The zero-order valence-corrected chi connectivity index (χ0v) is 10.8. The summed E-state index contributed by atoms with van der Waals surface area (Å²) >= 11 is 0. The van der Waals surface area contributed by atoms with Crippen LogP contribution < -0.4 is 10.6 Å². The van der Waals surface area contributed by atoms with Crippen LogP contribution in [0.15, 0.2) is 36.5 Å². The Morgan fingerprint density at radius 2 is 2.21 bits per heavy atom. The number of carbonyl (C=O) groups excluding carboxylic acids is 1. The summed E-state index contributed by atoms with van der Waals surface area (Å²) in [6, 6.07) is 9.42. The van der Waals surface area contributed by atoms with E-state index in [0.29, 0.717) is 12.2 Å². The number of nitrogen functional groups attached to an aromatic ring is 1. The fraction of sp³-hybridized carbons (Fsp3) is 0.200. The van der Waals surface area contributed by atoms with Gasteiger partial charge in [-0.05, 0) is 48.7 Å². The lowest BCUT2D eigenvalue weighted by Gasteiger charge is -2.17. The van der Waals surface area contributed by atoms with Gasteiger partial charge in [0.15, 0.2) is 0 Å². The number of fused-ring (bicyclic) bond motifs is 1. The Balaban J connectivity index is 1.98. The Labute approximate surface area is 111 Å². The van der Waals surface area contributed by atoms with Crippen molar-refractivity contribution in [3.8, 4) is 0 Å². The molecule has 0 radical (unpaired) electrons. The van der Waals surface area contributed by atoms with Crippen molar-refractivity contribution in [2.24, 2.45) is 0 Å². The van der Waals surface area contributed by atoms with Crippen molar-refractivity contribution in [3.63, 3.8) is 0 Å².